The number of carbonyl (C=O) groups excluding carboxylic acids is 1. The number of carbonyl (C=O) groups is 1. The van der Waals surface area contributed by atoms with Crippen LogP contribution in [0, 0.1) is 6.92 Å². The lowest BCUT2D eigenvalue weighted by Crippen LogP contribution is -2.41. The van der Waals surface area contributed by atoms with Gasteiger partial charge in [-0.3, -0.25) is 4.79 Å². The largest absolute Gasteiger partial charge is 0.361 e. The first-order valence-electron chi connectivity index (χ1n) is 6.14. The molecule has 2 aromatic rings. The minimum absolute atomic E-state index is 0.190. The van der Waals surface area contributed by atoms with E-state index in [1.54, 1.807) is 13.0 Å². The molecule has 0 aliphatic heterocycles. The molecule has 0 saturated carbocycles. The van der Waals surface area contributed by atoms with Gasteiger partial charge in [0.1, 0.15) is 11.5 Å². The summed E-state index contributed by atoms with van der Waals surface area (Å²) in [6.07, 6.45) is 0.518. The smallest absolute Gasteiger partial charge is 0.237 e. The number of nitrogens with two attached hydrogens (primary N) is 1. The van der Waals surface area contributed by atoms with Crippen molar-refractivity contribution in [2.75, 3.05) is 0 Å². The maximum absolute atomic E-state index is 11.8. The molecule has 2 rings (SSSR count). The fraction of sp³-hybridized carbons (Fsp3) is 0.286. The van der Waals surface area contributed by atoms with Crippen LogP contribution in [-0.4, -0.2) is 17.1 Å². The Morgan fingerprint density at radius 1 is 1.42 bits per heavy atom. The zero-order chi connectivity index (χ0) is 13.7. The van der Waals surface area contributed by atoms with Gasteiger partial charge in [0.2, 0.25) is 5.91 Å². The molecule has 100 valence electrons. The second-order valence-electron chi connectivity index (χ2n) is 4.44. The topological polar surface area (TPSA) is 81.2 Å². The Kier molecular flexibility index (Phi) is 4.30. The van der Waals surface area contributed by atoms with E-state index in [1.165, 1.54) is 0 Å². The molecule has 0 bridgehead atoms. The van der Waals surface area contributed by atoms with Crippen LogP contribution < -0.4 is 11.1 Å². The highest BCUT2D eigenvalue weighted by Crippen LogP contribution is 2.03. The van der Waals surface area contributed by atoms with Crippen LogP contribution in [0.4, 0.5) is 0 Å². The van der Waals surface area contributed by atoms with E-state index in [4.69, 9.17) is 10.3 Å². The first-order chi connectivity index (χ1) is 9.15. The Hall–Kier alpha value is -2.14. The van der Waals surface area contributed by atoms with E-state index in [1.807, 2.05) is 30.3 Å². The molecule has 1 heterocycles. The molecular formula is C14H17N3O2. The number of hydrogen-bond acceptors (Lipinski definition) is 4. The van der Waals surface area contributed by atoms with Gasteiger partial charge in [-0.05, 0) is 18.9 Å². The second-order valence-corrected chi connectivity index (χ2v) is 4.44. The molecule has 1 aromatic carbocycles. The van der Waals surface area contributed by atoms with Gasteiger partial charge >= 0.3 is 0 Å². The van der Waals surface area contributed by atoms with Crippen molar-refractivity contribution >= 4 is 5.91 Å². The zero-order valence-corrected chi connectivity index (χ0v) is 10.8. The van der Waals surface area contributed by atoms with Crippen molar-refractivity contribution in [1.82, 2.24) is 10.5 Å². The highest BCUT2D eigenvalue weighted by Gasteiger charge is 2.14. The third-order valence-electron chi connectivity index (χ3n) is 2.76. The van der Waals surface area contributed by atoms with Crippen molar-refractivity contribution in [3.05, 3.63) is 53.4 Å². The quantitative estimate of drug-likeness (QED) is 0.844. The van der Waals surface area contributed by atoms with E-state index in [2.05, 4.69) is 10.5 Å². The summed E-state index contributed by atoms with van der Waals surface area (Å²) >= 11 is 0. The minimum Gasteiger partial charge on any atom is -0.361 e. The zero-order valence-electron chi connectivity index (χ0n) is 10.8. The molecule has 0 fully saturated rings. The van der Waals surface area contributed by atoms with Gasteiger partial charge in [0, 0.05) is 6.07 Å². The van der Waals surface area contributed by atoms with Crippen LogP contribution in [-0.2, 0) is 17.8 Å². The van der Waals surface area contributed by atoms with Crippen LogP contribution in [0.5, 0.6) is 0 Å². The molecule has 1 amide bonds. The molecule has 0 radical (unpaired) electrons. The third-order valence-corrected chi connectivity index (χ3v) is 2.76. The van der Waals surface area contributed by atoms with E-state index in [-0.39, 0.29) is 5.91 Å². The molecular weight excluding hydrogens is 242 g/mol. The first-order valence-corrected chi connectivity index (χ1v) is 6.14. The van der Waals surface area contributed by atoms with Gasteiger partial charge in [-0.15, -0.1) is 0 Å². The normalized spacial score (nSPS) is 12.1. The number of rotatable bonds is 5. The molecule has 1 aromatic heterocycles. The second kappa shape index (κ2) is 6.15. The van der Waals surface area contributed by atoms with Crippen LogP contribution in [0.25, 0.3) is 0 Å². The Morgan fingerprint density at radius 3 is 2.79 bits per heavy atom. The Labute approximate surface area is 111 Å². The summed E-state index contributed by atoms with van der Waals surface area (Å²) in [6, 6.07) is 10.9. The maximum Gasteiger partial charge on any atom is 0.237 e. The van der Waals surface area contributed by atoms with Crippen molar-refractivity contribution in [3.8, 4) is 0 Å². The predicted octanol–water partition coefficient (Wildman–Crippen LogP) is 1.17. The Bertz CT molecular complexity index is 537. The number of benzene rings is 1. The maximum atomic E-state index is 11.8. The fourth-order valence-electron chi connectivity index (χ4n) is 1.77. The highest BCUT2D eigenvalue weighted by atomic mass is 16.5. The van der Waals surface area contributed by atoms with Gasteiger partial charge < -0.3 is 15.6 Å². The van der Waals surface area contributed by atoms with Crippen LogP contribution in [0.1, 0.15) is 17.0 Å². The van der Waals surface area contributed by atoms with Crippen molar-refractivity contribution in [3.63, 3.8) is 0 Å². The summed E-state index contributed by atoms with van der Waals surface area (Å²) < 4.78 is 4.92. The van der Waals surface area contributed by atoms with E-state index in [0.29, 0.717) is 18.7 Å². The number of nitrogens with zero attached hydrogens (tertiary/aromatic N) is 1. The van der Waals surface area contributed by atoms with Crippen LogP contribution in [0.3, 0.4) is 0 Å². The molecule has 0 aliphatic rings. The lowest BCUT2D eigenvalue weighted by atomic mass is 10.1. The molecule has 0 spiro atoms. The highest BCUT2D eigenvalue weighted by molar-refractivity contribution is 5.81. The average molecular weight is 259 g/mol. The van der Waals surface area contributed by atoms with E-state index < -0.39 is 6.04 Å². The van der Waals surface area contributed by atoms with E-state index in [0.717, 1.165) is 11.3 Å². The number of hydrogen-bond donors (Lipinski definition) is 2. The molecule has 3 N–H and O–H groups in total. The monoisotopic (exact) mass is 259 g/mol. The molecule has 0 aliphatic carbocycles. The van der Waals surface area contributed by atoms with Gasteiger partial charge in [-0.2, -0.15) is 0 Å². The Morgan fingerprint density at radius 2 is 2.16 bits per heavy atom. The summed E-state index contributed by atoms with van der Waals surface area (Å²) in [5.74, 6) is 0.530. The van der Waals surface area contributed by atoms with Gasteiger partial charge in [0.15, 0.2) is 0 Å². The SMILES string of the molecule is Cc1cc(CNC(=O)C(N)Cc2ccccc2)no1. The number of amides is 1. The fourth-order valence-corrected chi connectivity index (χ4v) is 1.77. The minimum atomic E-state index is -0.560. The average Bonchev–Trinajstić information content (AvgIpc) is 2.83. The molecule has 1 atom stereocenters. The van der Waals surface area contributed by atoms with Gasteiger partial charge in [0.25, 0.3) is 0 Å². The van der Waals surface area contributed by atoms with Crippen LogP contribution in [0.2, 0.25) is 0 Å². The van der Waals surface area contributed by atoms with Crippen LogP contribution in [0.15, 0.2) is 40.9 Å². The van der Waals surface area contributed by atoms with Crippen molar-refractivity contribution in [2.45, 2.75) is 25.9 Å². The summed E-state index contributed by atoms with van der Waals surface area (Å²) in [6.45, 7) is 2.14. The molecule has 0 saturated heterocycles. The number of nitrogens with one attached hydrogen (secondary N) is 1. The van der Waals surface area contributed by atoms with Gasteiger partial charge in [0.05, 0.1) is 12.6 Å². The number of aromatic nitrogens is 1. The number of aryl methyl sites for hydroxylation is 1. The standard InChI is InChI=1S/C14H17N3O2/c1-10-7-12(17-19-10)9-16-14(18)13(15)8-11-5-3-2-4-6-11/h2-7,13H,8-9,15H2,1H3,(H,16,18). The van der Waals surface area contributed by atoms with Crippen molar-refractivity contribution in [1.29, 1.82) is 0 Å². The van der Waals surface area contributed by atoms with E-state index in [9.17, 15) is 4.79 Å². The molecule has 1 unspecified atom stereocenters. The van der Waals surface area contributed by atoms with E-state index >= 15 is 0 Å². The van der Waals surface area contributed by atoms with Crippen molar-refractivity contribution < 1.29 is 9.32 Å². The summed E-state index contributed by atoms with van der Waals surface area (Å²) in [4.78, 5) is 11.8. The predicted molar refractivity (Wildman–Crippen MR) is 71.2 cm³/mol. The van der Waals surface area contributed by atoms with Gasteiger partial charge in [-0.1, -0.05) is 35.5 Å². The van der Waals surface area contributed by atoms with Crippen molar-refractivity contribution in [2.24, 2.45) is 5.73 Å². The lowest BCUT2D eigenvalue weighted by molar-refractivity contribution is -0.122. The third kappa shape index (κ3) is 3.93. The van der Waals surface area contributed by atoms with Crippen LogP contribution >= 0.6 is 0 Å². The lowest BCUT2D eigenvalue weighted by Gasteiger charge is -2.11. The molecule has 5 heteroatoms. The van der Waals surface area contributed by atoms with Gasteiger partial charge in [-0.25, -0.2) is 0 Å². The summed E-state index contributed by atoms with van der Waals surface area (Å²) in [5.41, 5.74) is 7.60. The molecule has 5 nitrogen and oxygen atoms in total. The summed E-state index contributed by atoms with van der Waals surface area (Å²) in [5, 5.41) is 6.55. The Balaban J connectivity index is 1.82. The molecule has 19 heavy (non-hydrogen) atoms. The first kappa shape index (κ1) is 13.3. The summed E-state index contributed by atoms with van der Waals surface area (Å²) in [7, 11) is 0.